The fourth-order valence-electron chi connectivity index (χ4n) is 7.95. The van der Waals surface area contributed by atoms with Crippen LogP contribution in [-0.4, -0.2) is 92.0 Å². The van der Waals surface area contributed by atoms with Crippen molar-refractivity contribution in [3.63, 3.8) is 0 Å². The monoisotopic (exact) mass is 623 g/mol. The predicted octanol–water partition coefficient (Wildman–Crippen LogP) is 6.07. The summed E-state index contributed by atoms with van der Waals surface area (Å²) in [7, 11) is 3.98. The standard InChI is InChI=1S/C37H49N7O2/c1-26-9-6-10-27-11-7-14-33(35(26)27)44-22-18-30-32(23-44)40-37(46-24-29-12-8-19-42(29)2)41-36(30)43-20-16-28(17-21-43)38-25-39-31-13-4-5-15-34(31)45-3/h6-7,9-11,14,28-29,31,34H,4-5,8,12-13,15-24H2,1-3H3/t29-,31-,34+/m0/s1. The van der Waals surface area contributed by atoms with Gasteiger partial charge in [0.15, 0.2) is 0 Å². The summed E-state index contributed by atoms with van der Waals surface area (Å²) in [5.41, 5.74) is 4.94. The lowest BCUT2D eigenvalue weighted by atomic mass is 9.93. The second-order valence-electron chi connectivity index (χ2n) is 13.7. The average molecular weight is 624 g/mol. The van der Waals surface area contributed by atoms with Crippen molar-refractivity contribution in [2.45, 2.75) is 95.5 Å². The number of hydrogen-bond acceptors (Lipinski definition) is 9. The number of methoxy groups -OCH3 is 1. The van der Waals surface area contributed by atoms with E-state index in [9.17, 15) is 0 Å². The maximum atomic E-state index is 6.38. The summed E-state index contributed by atoms with van der Waals surface area (Å²) in [6.45, 7) is 7.45. The number of anilines is 2. The van der Waals surface area contributed by atoms with Gasteiger partial charge < -0.3 is 24.2 Å². The molecule has 0 N–H and O–H groups in total. The minimum absolute atomic E-state index is 0.190. The summed E-state index contributed by atoms with van der Waals surface area (Å²) in [5, 5.41) is 2.61. The Morgan fingerprint density at radius 1 is 0.891 bits per heavy atom. The first-order valence-electron chi connectivity index (χ1n) is 17.5. The Morgan fingerprint density at radius 2 is 1.72 bits per heavy atom. The Kier molecular flexibility index (Phi) is 9.52. The van der Waals surface area contributed by atoms with E-state index in [1.165, 1.54) is 46.8 Å². The van der Waals surface area contributed by atoms with Crippen LogP contribution in [0.25, 0.3) is 10.8 Å². The van der Waals surface area contributed by atoms with Gasteiger partial charge in [0.1, 0.15) is 12.4 Å². The molecule has 9 heteroatoms. The Balaban J connectivity index is 1.11. The summed E-state index contributed by atoms with van der Waals surface area (Å²) < 4.78 is 12.0. The molecule has 0 bridgehead atoms. The van der Waals surface area contributed by atoms with Gasteiger partial charge in [0.2, 0.25) is 0 Å². The van der Waals surface area contributed by atoms with Gasteiger partial charge in [-0.3, -0.25) is 0 Å². The predicted molar refractivity (Wildman–Crippen MR) is 185 cm³/mol. The van der Waals surface area contributed by atoms with Crippen molar-refractivity contribution in [1.29, 1.82) is 0 Å². The van der Waals surface area contributed by atoms with Crippen LogP contribution in [0.4, 0.5) is 11.5 Å². The zero-order valence-corrected chi connectivity index (χ0v) is 27.8. The minimum Gasteiger partial charge on any atom is -0.462 e. The molecular weight excluding hydrogens is 574 g/mol. The molecule has 4 aliphatic rings. The molecule has 7 rings (SSSR count). The molecule has 3 atom stereocenters. The highest BCUT2D eigenvalue weighted by Crippen LogP contribution is 2.36. The molecule has 2 saturated heterocycles. The van der Waals surface area contributed by atoms with Crippen LogP contribution >= 0.6 is 0 Å². The smallest absolute Gasteiger partial charge is 0.318 e. The molecule has 3 aliphatic heterocycles. The lowest BCUT2D eigenvalue weighted by molar-refractivity contribution is 0.0555. The fourth-order valence-corrected chi connectivity index (χ4v) is 7.95. The van der Waals surface area contributed by atoms with Crippen LogP contribution in [0.15, 0.2) is 46.4 Å². The molecule has 0 unspecified atom stereocenters. The first-order valence-corrected chi connectivity index (χ1v) is 17.5. The van der Waals surface area contributed by atoms with Gasteiger partial charge in [-0.05, 0) is 82.5 Å². The van der Waals surface area contributed by atoms with Crippen molar-refractivity contribution in [2.24, 2.45) is 9.98 Å². The summed E-state index contributed by atoms with van der Waals surface area (Å²) in [6, 6.07) is 17.6. The molecule has 0 radical (unpaired) electrons. The van der Waals surface area contributed by atoms with E-state index in [2.05, 4.69) is 71.1 Å². The van der Waals surface area contributed by atoms with Crippen molar-refractivity contribution in [3.8, 4) is 6.01 Å². The zero-order valence-electron chi connectivity index (χ0n) is 27.8. The van der Waals surface area contributed by atoms with Crippen molar-refractivity contribution in [3.05, 3.63) is 53.2 Å². The second kappa shape index (κ2) is 14.1. The summed E-state index contributed by atoms with van der Waals surface area (Å²) in [5.74, 6) is 1.05. The molecule has 244 valence electrons. The van der Waals surface area contributed by atoms with E-state index < -0.39 is 0 Å². The van der Waals surface area contributed by atoms with Crippen molar-refractivity contribution < 1.29 is 9.47 Å². The summed E-state index contributed by atoms with van der Waals surface area (Å²) in [6.07, 6.45) is 9.99. The number of benzene rings is 2. The number of aryl methyl sites for hydroxylation is 1. The average Bonchev–Trinajstić information content (AvgIpc) is 3.51. The molecule has 1 aliphatic carbocycles. The van der Waals surface area contributed by atoms with Crippen LogP contribution in [0.5, 0.6) is 6.01 Å². The molecule has 46 heavy (non-hydrogen) atoms. The first kappa shape index (κ1) is 31.1. The minimum atomic E-state index is 0.190. The van der Waals surface area contributed by atoms with Crippen LogP contribution in [0.1, 0.15) is 68.2 Å². The van der Waals surface area contributed by atoms with Gasteiger partial charge in [0, 0.05) is 49.4 Å². The number of likely N-dealkylation sites (tertiary alicyclic amines) is 1. The maximum absolute atomic E-state index is 6.38. The molecule has 0 spiro atoms. The van der Waals surface area contributed by atoms with Crippen molar-refractivity contribution in [2.75, 3.05) is 56.7 Å². The largest absolute Gasteiger partial charge is 0.462 e. The third-order valence-electron chi connectivity index (χ3n) is 10.7. The molecule has 0 amide bonds. The highest BCUT2D eigenvalue weighted by molar-refractivity contribution is 5.97. The number of nitrogens with zero attached hydrogens (tertiary/aromatic N) is 7. The van der Waals surface area contributed by atoms with Crippen molar-refractivity contribution in [1.82, 2.24) is 14.9 Å². The SMILES string of the molecule is CO[C@@H]1CCCC[C@@H]1N=C=NC1CCN(c2nc(OC[C@@H]3CCCN3C)nc3c2CCN(c2cccc4cccc(C)c24)C3)CC1. The van der Waals surface area contributed by atoms with Crippen LogP contribution in [0.2, 0.25) is 0 Å². The van der Waals surface area contributed by atoms with E-state index in [1.54, 1.807) is 7.11 Å². The van der Waals surface area contributed by atoms with E-state index >= 15 is 0 Å². The van der Waals surface area contributed by atoms with Gasteiger partial charge in [-0.2, -0.15) is 9.97 Å². The Labute approximate surface area is 273 Å². The van der Waals surface area contributed by atoms with Crippen molar-refractivity contribution >= 4 is 28.3 Å². The van der Waals surface area contributed by atoms with Crippen LogP contribution in [0.3, 0.4) is 0 Å². The number of aromatic nitrogens is 2. The molecule has 1 aromatic heterocycles. The molecule has 3 aromatic rings. The van der Waals surface area contributed by atoms with E-state index in [1.807, 2.05) is 0 Å². The Morgan fingerprint density at radius 3 is 2.52 bits per heavy atom. The summed E-state index contributed by atoms with van der Waals surface area (Å²) >= 11 is 0. The molecule has 9 nitrogen and oxygen atoms in total. The van der Waals surface area contributed by atoms with E-state index in [0.29, 0.717) is 18.7 Å². The Bertz CT molecular complexity index is 1570. The normalized spacial score (nSPS) is 24.1. The van der Waals surface area contributed by atoms with Gasteiger partial charge in [-0.1, -0.05) is 43.2 Å². The number of rotatable bonds is 8. The highest BCUT2D eigenvalue weighted by Gasteiger charge is 2.30. The number of fused-ring (bicyclic) bond motifs is 2. The van der Waals surface area contributed by atoms with Gasteiger partial charge >= 0.3 is 6.01 Å². The highest BCUT2D eigenvalue weighted by atomic mass is 16.5. The quantitative estimate of drug-likeness (QED) is 0.282. The number of hydrogen-bond donors (Lipinski definition) is 0. The molecule has 3 fully saturated rings. The molecule has 1 saturated carbocycles. The molecular formula is C37H49N7O2. The fraction of sp³-hybridized carbons (Fsp3) is 0.595. The third-order valence-corrected chi connectivity index (χ3v) is 10.7. The van der Waals surface area contributed by atoms with Crippen LogP contribution < -0.4 is 14.5 Å². The lowest BCUT2D eigenvalue weighted by Crippen LogP contribution is -2.39. The zero-order chi connectivity index (χ0) is 31.5. The van der Waals surface area contributed by atoms with E-state index in [-0.39, 0.29) is 18.2 Å². The van der Waals surface area contributed by atoms with Crippen LogP contribution in [0, 0.1) is 6.92 Å². The number of aliphatic imine (C=N–C) groups is 2. The van der Waals surface area contributed by atoms with Gasteiger partial charge in [0.25, 0.3) is 0 Å². The molecule has 2 aromatic carbocycles. The maximum Gasteiger partial charge on any atom is 0.318 e. The first-order chi connectivity index (χ1) is 22.6. The number of piperidine rings is 1. The van der Waals surface area contributed by atoms with Gasteiger partial charge in [0.05, 0.1) is 36.4 Å². The van der Waals surface area contributed by atoms with Gasteiger partial charge in [-0.25, -0.2) is 9.98 Å². The van der Waals surface area contributed by atoms with Gasteiger partial charge in [-0.15, -0.1) is 0 Å². The Hall–Kier alpha value is -3.52. The number of ether oxygens (including phenoxy) is 2. The van der Waals surface area contributed by atoms with Crippen LogP contribution in [-0.2, 0) is 17.7 Å². The number of likely N-dealkylation sites (N-methyl/N-ethyl adjacent to an activating group) is 1. The topological polar surface area (TPSA) is 78.7 Å². The molecule has 4 heterocycles. The van der Waals surface area contributed by atoms with E-state index in [0.717, 1.165) is 82.8 Å². The third kappa shape index (κ3) is 6.64. The second-order valence-corrected chi connectivity index (χ2v) is 13.7. The lowest BCUT2D eigenvalue weighted by Gasteiger charge is -2.36. The summed E-state index contributed by atoms with van der Waals surface area (Å²) in [4.78, 5) is 27.0. The van der Waals surface area contributed by atoms with E-state index in [4.69, 9.17) is 29.4 Å².